The van der Waals surface area contributed by atoms with Gasteiger partial charge in [-0.05, 0) is 29.8 Å². The maximum atomic E-state index is 14.1. The van der Waals surface area contributed by atoms with Gasteiger partial charge in [0.25, 0.3) is 0 Å². The third kappa shape index (κ3) is 4.59. The summed E-state index contributed by atoms with van der Waals surface area (Å²) in [6.07, 6.45) is 0. The number of nitrogens with zero attached hydrogens (tertiary/aromatic N) is 2. The number of carbonyl (C=O) groups excluding carboxylic acids is 1. The molecule has 3 rings (SSSR count). The quantitative estimate of drug-likeness (QED) is 0.746. The Morgan fingerprint density at radius 2 is 1.97 bits per heavy atom. The molecule has 0 saturated carbocycles. The van der Waals surface area contributed by atoms with Gasteiger partial charge >= 0.3 is 0 Å². The Bertz CT molecular complexity index is 1010. The Morgan fingerprint density at radius 3 is 2.66 bits per heavy atom. The molecule has 156 valence electrons. The van der Waals surface area contributed by atoms with Gasteiger partial charge in [-0.2, -0.15) is 4.31 Å². The fraction of sp³-hybridized carbons (Fsp3) is 0.381. The number of rotatable bonds is 5. The van der Waals surface area contributed by atoms with Crippen LogP contribution in [0.2, 0.25) is 0 Å². The maximum absolute atomic E-state index is 14.1. The van der Waals surface area contributed by atoms with Gasteiger partial charge in [0, 0.05) is 38.2 Å². The molecule has 0 aromatic heterocycles. The number of hydrogen-bond donors (Lipinski definition) is 0. The van der Waals surface area contributed by atoms with Crippen molar-refractivity contribution in [3.8, 4) is 5.75 Å². The van der Waals surface area contributed by atoms with Gasteiger partial charge in [0.05, 0.1) is 0 Å². The Morgan fingerprint density at radius 1 is 1.24 bits per heavy atom. The summed E-state index contributed by atoms with van der Waals surface area (Å²) < 4.78 is 47.0. The molecule has 0 unspecified atom stereocenters. The van der Waals surface area contributed by atoms with E-state index in [0.717, 1.165) is 11.6 Å². The summed E-state index contributed by atoms with van der Waals surface area (Å²) >= 11 is 0. The van der Waals surface area contributed by atoms with E-state index in [1.54, 1.807) is 18.0 Å². The van der Waals surface area contributed by atoms with Crippen molar-refractivity contribution in [3.63, 3.8) is 0 Å². The Balaban J connectivity index is 1.87. The van der Waals surface area contributed by atoms with Crippen molar-refractivity contribution >= 4 is 15.9 Å². The highest BCUT2D eigenvalue weighted by Gasteiger charge is 2.30. The predicted molar refractivity (Wildman–Crippen MR) is 107 cm³/mol. The van der Waals surface area contributed by atoms with Crippen LogP contribution in [0.4, 0.5) is 4.39 Å². The number of carbonyl (C=O) groups is 1. The minimum Gasteiger partial charge on any atom is -0.492 e. The number of ether oxygens (including phenoxy) is 1. The van der Waals surface area contributed by atoms with E-state index in [1.165, 1.54) is 22.5 Å². The standard InChI is InChI=1S/C21H25FN2O4S/c1-15(2)21(25)23(3)13-16-8-9-19-17(12-16)14-24(10-11-28-19)29(26,27)20-7-5-4-6-18(20)22/h4-9,12,15H,10-11,13-14H2,1-3H3. The Kier molecular flexibility index (Phi) is 6.24. The summed E-state index contributed by atoms with van der Waals surface area (Å²) in [6, 6.07) is 10.8. The van der Waals surface area contributed by atoms with E-state index in [9.17, 15) is 17.6 Å². The van der Waals surface area contributed by atoms with Gasteiger partial charge < -0.3 is 9.64 Å². The molecule has 0 fully saturated rings. The van der Waals surface area contributed by atoms with Crippen LogP contribution in [-0.2, 0) is 27.9 Å². The van der Waals surface area contributed by atoms with Crippen LogP contribution in [-0.4, -0.2) is 43.7 Å². The number of halogens is 1. The summed E-state index contributed by atoms with van der Waals surface area (Å²) in [5.41, 5.74) is 1.55. The fourth-order valence-corrected chi connectivity index (χ4v) is 4.78. The third-order valence-corrected chi connectivity index (χ3v) is 6.69. The summed E-state index contributed by atoms with van der Waals surface area (Å²) in [6.45, 7) is 4.45. The average Bonchev–Trinajstić information content (AvgIpc) is 2.90. The zero-order valence-electron chi connectivity index (χ0n) is 16.8. The van der Waals surface area contributed by atoms with Gasteiger partial charge in [0.2, 0.25) is 15.9 Å². The molecule has 0 saturated heterocycles. The van der Waals surface area contributed by atoms with Crippen molar-refractivity contribution in [3.05, 3.63) is 59.4 Å². The second kappa shape index (κ2) is 8.51. The molecule has 2 aromatic carbocycles. The van der Waals surface area contributed by atoms with Crippen molar-refractivity contribution in [2.75, 3.05) is 20.2 Å². The topological polar surface area (TPSA) is 66.9 Å². The fourth-order valence-electron chi connectivity index (χ4n) is 3.31. The van der Waals surface area contributed by atoms with Crippen LogP contribution < -0.4 is 4.74 Å². The van der Waals surface area contributed by atoms with Crippen LogP contribution in [0.3, 0.4) is 0 Å². The van der Waals surface area contributed by atoms with E-state index in [0.29, 0.717) is 17.9 Å². The normalized spacial score (nSPS) is 14.8. The van der Waals surface area contributed by atoms with Gasteiger partial charge in [-0.25, -0.2) is 12.8 Å². The largest absolute Gasteiger partial charge is 0.492 e. The van der Waals surface area contributed by atoms with Crippen LogP contribution in [0.15, 0.2) is 47.4 Å². The van der Waals surface area contributed by atoms with Crippen molar-refractivity contribution in [2.24, 2.45) is 5.92 Å². The lowest BCUT2D eigenvalue weighted by atomic mass is 10.1. The van der Waals surface area contributed by atoms with E-state index >= 15 is 0 Å². The zero-order valence-corrected chi connectivity index (χ0v) is 17.6. The predicted octanol–water partition coefficient (Wildman–Crippen LogP) is 3.02. The average molecular weight is 421 g/mol. The molecule has 0 aliphatic carbocycles. The van der Waals surface area contributed by atoms with Crippen LogP contribution >= 0.6 is 0 Å². The molecule has 8 heteroatoms. The molecule has 0 spiro atoms. The van der Waals surface area contributed by atoms with Crippen molar-refractivity contribution in [2.45, 2.75) is 31.8 Å². The van der Waals surface area contributed by atoms with E-state index in [2.05, 4.69) is 0 Å². The molecular formula is C21H25FN2O4S. The summed E-state index contributed by atoms with van der Waals surface area (Å²) in [5, 5.41) is 0. The van der Waals surface area contributed by atoms with Gasteiger partial charge in [-0.15, -0.1) is 0 Å². The maximum Gasteiger partial charge on any atom is 0.246 e. The molecule has 0 bridgehead atoms. The second-order valence-electron chi connectivity index (χ2n) is 7.41. The number of amides is 1. The number of benzene rings is 2. The number of sulfonamides is 1. The first-order valence-electron chi connectivity index (χ1n) is 9.44. The molecule has 1 aliphatic heterocycles. The van der Waals surface area contributed by atoms with Crippen LogP contribution in [0, 0.1) is 11.7 Å². The first-order chi connectivity index (χ1) is 13.7. The van der Waals surface area contributed by atoms with Crippen LogP contribution in [0.5, 0.6) is 5.75 Å². The van der Waals surface area contributed by atoms with Crippen molar-refractivity contribution in [1.82, 2.24) is 9.21 Å². The Hall–Kier alpha value is -2.45. The second-order valence-corrected chi connectivity index (χ2v) is 9.31. The molecule has 0 atom stereocenters. The minimum atomic E-state index is -4.01. The minimum absolute atomic E-state index is 0.0277. The highest BCUT2D eigenvalue weighted by molar-refractivity contribution is 7.89. The van der Waals surface area contributed by atoms with Gasteiger partial charge in [-0.3, -0.25) is 4.79 Å². The molecular weight excluding hydrogens is 395 g/mol. The smallest absolute Gasteiger partial charge is 0.246 e. The first kappa shape index (κ1) is 21.3. The lowest BCUT2D eigenvalue weighted by molar-refractivity contribution is -0.133. The first-order valence-corrected chi connectivity index (χ1v) is 10.9. The summed E-state index contributed by atoms with van der Waals surface area (Å²) in [5.74, 6) is -0.260. The highest BCUT2D eigenvalue weighted by atomic mass is 32.2. The number of fused-ring (bicyclic) bond motifs is 1. The lowest BCUT2D eigenvalue weighted by Gasteiger charge is -2.21. The van der Waals surface area contributed by atoms with Crippen LogP contribution in [0.25, 0.3) is 0 Å². The number of hydrogen-bond acceptors (Lipinski definition) is 4. The highest BCUT2D eigenvalue weighted by Crippen LogP contribution is 2.28. The molecule has 2 aromatic rings. The van der Waals surface area contributed by atoms with E-state index < -0.39 is 15.8 Å². The van der Waals surface area contributed by atoms with Crippen molar-refractivity contribution < 1.29 is 22.3 Å². The Labute approximate surface area is 170 Å². The van der Waals surface area contributed by atoms with Gasteiger partial charge in [0.15, 0.2) is 0 Å². The molecule has 29 heavy (non-hydrogen) atoms. The van der Waals surface area contributed by atoms with E-state index in [-0.39, 0.29) is 36.4 Å². The van der Waals surface area contributed by atoms with E-state index in [1.807, 2.05) is 26.0 Å². The van der Waals surface area contributed by atoms with Gasteiger partial charge in [0.1, 0.15) is 23.1 Å². The summed E-state index contributed by atoms with van der Waals surface area (Å²) in [4.78, 5) is 13.4. The zero-order chi connectivity index (χ0) is 21.2. The molecule has 6 nitrogen and oxygen atoms in total. The monoisotopic (exact) mass is 420 g/mol. The summed E-state index contributed by atoms with van der Waals surface area (Å²) in [7, 11) is -2.27. The van der Waals surface area contributed by atoms with Crippen LogP contribution in [0.1, 0.15) is 25.0 Å². The molecule has 1 aliphatic rings. The van der Waals surface area contributed by atoms with Gasteiger partial charge in [-0.1, -0.05) is 32.0 Å². The van der Waals surface area contributed by atoms with E-state index in [4.69, 9.17) is 4.74 Å². The molecule has 0 radical (unpaired) electrons. The SMILES string of the molecule is CC(C)C(=O)N(C)Cc1ccc2c(c1)CN(S(=O)(=O)c1ccccc1F)CCO2. The lowest BCUT2D eigenvalue weighted by Crippen LogP contribution is -2.33. The molecule has 1 heterocycles. The van der Waals surface area contributed by atoms with Crippen molar-refractivity contribution in [1.29, 1.82) is 0 Å². The molecule has 0 N–H and O–H groups in total. The third-order valence-electron chi connectivity index (χ3n) is 4.81. The molecule has 1 amide bonds.